The van der Waals surface area contributed by atoms with E-state index in [1.165, 1.54) is 0 Å². The van der Waals surface area contributed by atoms with Crippen molar-refractivity contribution >= 4 is 29.4 Å². The lowest BCUT2D eigenvalue weighted by atomic mass is 9.89. The van der Waals surface area contributed by atoms with Gasteiger partial charge in [-0.3, -0.25) is 4.79 Å². The van der Waals surface area contributed by atoms with E-state index in [1.807, 2.05) is 11.0 Å². The second-order valence-electron chi connectivity index (χ2n) is 9.80. The fourth-order valence-electron chi connectivity index (χ4n) is 4.60. The Kier molecular flexibility index (Phi) is 4.91. The van der Waals surface area contributed by atoms with Crippen molar-refractivity contribution < 1.29 is 9.32 Å². The molecule has 0 unspecified atom stereocenters. The summed E-state index contributed by atoms with van der Waals surface area (Å²) >= 11 is 0. The lowest BCUT2D eigenvalue weighted by Gasteiger charge is -2.19. The van der Waals surface area contributed by atoms with E-state index in [2.05, 4.69) is 31.2 Å². The normalized spacial score (nSPS) is 24.5. The van der Waals surface area contributed by atoms with E-state index in [0.29, 0.717) is 23.5 Å². The van der Waals surface area contributed by atoms with Crippen molar-refractivity contribution in [1.82, 2.24) is 20.4 Å². The summed E-state index contributed by atoms with van der Waals surface area (Å²) < 4.78 is 5.60. The summed E-state index contributed by atoms with van der Waals surface area (Å²) in [5.74, 6) is 1.77. The number of halogens is 1. The van der Waals surface area contributed by atoms with Crippen LogP contribution in [0.5, 0.6) is 0 Å². The molecule has 1 saturated carbocycles. The van der Waals surface area contributed by atoms with Crippen molar-refractivity contribution in [2.75, 3.05) is 26.2 Å². The maximum absolute atomic E-state index is 13.5. The highest BCUT2D eigenvalue weighted by Gasteiger charge is 2.39. The van der Waals surface area contributed by atoms with Crippen molar-refractivity contribution in [1.29, 1.82) is 0 Å². The topological polar surface area (TPSA) is 71.3 Å². The minimum absolute atomic E-state index is 0. The highest BCUT2D eigenvalue weighted by molar-refractivity contribution is 6.06. The van der Waals surface area contributed by atoms with E-state index in [-0.39, 0.29) is 23.7 Å². The Morgan fingerprint density at radius 2 is 1.93 bits per heavy atom. The van der Waals surface area contributed by atoms with Gasteiger partial charge in [0.2, 0.25) is 0 Å². The van der Waals surface area contributed by atoms with Crippen LogP contribution in [0.3, 0.4) is 0 Å². The van der Waals surface area contributed by atoms with Crippen LogP contribution in [0.1, 0.15) is 61.3 Å². The molecule has 5 rings (SSSR count). The summed E-state index contributed by atoms with van der Waals surface area (Å²) in [6.45, 7) is 10.3. The number of carbonyl (C=O) groups excluding carboxylic acids is 1. The van der Waals surface area contributed by atoms with Crippen LogP contribution in [0.2, 0.25) is 0 Å². The molecule has 2 atom stereocenters. The molecular formula is C21H29ClN4O2. The molecule has 4 heterocycles. The lowest BCUT2D eigenvalue weighted by molar-refractivity contribution is 0.0783. The fraction of sp³-hybridized carbons (Fsp3) is 0.667. The number of carbonyl (C=O) groups is 1. The summed E-state index contributed by atoms with van der Waals surface area (Å²) in [5, 5.41) is 8.58. The van der Waals surface area contributed by atoms with Crippen LogP contribution in [0.25, 0.3) is 11.1 Å². The van der Waals surface area contributed by atoms with Crippen molar-refractivity contribution in [2.45, 2.75) is 46.0 Å². The average molecular weight is 405 g/mol. The molecule has 2 saturated heterocycles. The van der Waals surface area contributed by atoms with Gasteiger partial charge in [-0.15, -0.1) is 12.4 Å². The number of rotatable bonds is 3. The number of amides is 1. The zero-order chi connectivity index (χ0) is 18.8. The number of fused-ring (bicyclic) bond motifs is 2. The molecule has 2 aliphatic heterocycles. The molecule has 2 aromatic heterocycles. The van der Waals surface area contributed by atoms with Crippen molar-refractivity contribution in [2.24, 2.45) is 17.3 Å². The average Bonchev–Trinajstić information content (AvgIpc) is 3.04. The number of pyridine rings is 1. The zero-order valence-electron chi connectivity index (χ0n) is 16.8. The molecule has 6 nitrogen and oxygen atoms in total. The van der Waals surface area contributed by atoms with Gasteiger partial charge in [0.15, 0.2) is 0 Å². The molecule has 0 aromatic carbocycles. The number of hydrogen-bond acceptors (Lipinski definition) is 5. The smallest absolute Gasteiger partial charge is 0.259 e. The SMILES string of the molecule is CC(C)(C)Cc1noc2nc(C3CC3)cc(C(=O)N3C[C@H]4CNC[C@H]4C3)c12.Cl. The number of nitrogens with one attached hydrogen (secondary N) is 1. The van der Waals surface area contributed by atoms with E-state index in [0.717, 1.165) is 67.8 Å². The molecule has 28 heavy (non-hydrogen) atoms. The summed E-state index contributed by atoms with van der Waals surface area (Å²) in [6, 6.07) is 2.03. The number of aromatic nitrogens is 2. The highest BCUT2D eigenvalue weighted by atomic mass is 35.5. The van der Waals surface area contributed by atoms with Gasteiger partial charge in [-0.25, -0.2) is 4.98 Å². The number of nitrogens with zero attached hydrogens (tertiary/aromatic N) is 3. The summed E-state index contributed by atoms with van der Waals surface area (Å²) in [7, 11) is 0. The molecule has 2 aromatic rings. The van der Waals surface area contributed by atoms with Gasteiger partial charge in [0, 0.05) is 37.8 Å². The maximum Gasteiger partial charge on any atom is 0.259 e. The van der Waals surface area contributed by atoms with Crippen molar-refractivity contribution in [3.63, 3.8) is 0 Å². The Labute approximate surface area is 171 Å². The summed E-state index contributed by atoms with van der Waals surface area (Å²) in [6.07, 6.45) is 3.06. The Hall–Kier alpha value is -1.66. The van der Waals surface area contributed by atoms with Gasteiger partial charge >= 0.3 is 0 Å². The van der Waals surface area contributed by atoms with Gasteiger partial charge in [0.1, 0.15) is 0 Å². The third-order valence-corrected chi connectivity index (χ3v) is 6.14. The minimum Gasteiger partial charge on any atom is -0.338 e. The first kappa shape index (κ1) is 19.6. The molecule has 152 valence electrons. The van der Waals surface area contributed by atoms with Crippen LogP contribution in [0, 0.1) is 17.3 Å². The van der Waals surface area contributed by atoms with Gasteiger partial charge in [0.25, 0.3) is 11.6 Å². The van der Waals surface area contributed by atoms with Crippen molar-refractivity contribution in [3.05, 3.63) is 23.0 Å². The third kappa shape index (κ3) is 3.52. The Balaban J connectivity index is 0.00000192. The number of likely N-dealkylation sites (tertiary alicyclic amines) is 1. The molecule has 0 spiro atoms. The van der Waals surface area contributed by atoms with Crippen LogP contribution in [0.15, 0.2) is 10.6 Å². The Morgan fingerprint density at radius 1 is 1.25 bits per heavy atom. The quantitative estimate of drug-likeness (QED) is 0.848. The Bertz CT molecular complexity index is 888. The van der Waals surface area contributed by atoms with Crippen LogP contribution in [-0.4, -0.2) is 47.1 Å². The van der Waals surface area contributed by atoms with E-state index in [4.69, 9.17) is 9.51 Å². The van der Waals surface area contributed by atoms with Gasteiger partial charge in [-0.2, -0.15) is 0 Å². The molecule has 3 fully saturated rings. The van der Waals surface area contributed by atoms with Crippen LogP contribution < -0.4 is 5.32 Å². The lowest BCUT2D eigenvalue weighted by Crippen LogP contribution is -2.32. The van der Waals surface area contributed by atoms with E-state index >= 15 is 0 Å². The van der Waals surface area contributed by atoms with Gasteiger partial charge in [-0.1, -0.05) is 25.9 Å². The first-order valence-electron chi connectivity index (χ1n) is 10.2. The predicted molar refractivity (Wildman–Crippen MR) is 110 cm³/mol. The molecule has 7 heteroatoms. The maximum atomic E-state index is 13.5. The van der Waals surface area contributed by atoms with Gasteiger partial charge < -0.3 is 14.7 Å². The summed E-state index contributed by atoms with van der Waals surface area (Å²) in [4.78, 5) is 20.3. The third-order valence-electron chi connectivity index (χ3n) is 6.14. The van der Waals surface area contributed by atoms with E-state index in [9.17, 15) is 4.79 Å². The molecule has 1 amide bonds. The molecule has 0 bridgehead atoms. The minimum atomic E-state index is 0. The first-order chi connectivity index (χ1) is 12.9. The standard InChI is InChI=1S/C21H28N4O2.ClH/c1-21(2,3)7-17-18-15(6-16(12-4-5-12)23-19(18)27-24-17)20(26)25-10-13-8-22-9-14(13)11-25;/h6,12-14,22H,4-5,7-11H2,1-3H3;1H/t13-,14+;. The van der Waals surface area contributed by atoms with E-state index in [1.54, 1.807) is 0 Å². The van der Waals surface area contributed by atoms with Crippen LogP contribution in [-0.2, 0) is 6.42 Å². The molecule has 3 aliphatic rings. The van der Waals surface area contributed by atoms with Crippen LogP contribution >= 0.6 is 12.4 Å². The monoisotopic (exact) mass is 404 g/mol. The van der Waals surface area contributed by atoms with Crippen molar-refractivity contribution in [3.8, 4) is 0 Å². The zero-order valence-corrected chi connectivity index (χ0v) is 17.6. The largest absolute Gasteiger partial charge is 0.338 e. The molecular weight excluding hydrogens is 376 g/mol. The predicted octanol–water partition coefficient (Wildman–Crippen LogP) is 3.40. The second kappa shape index (κ2) is 6.99. The molecule has 1 aliphatic carbocycles. The van der Waals surface area contributed by atoms with E-state index < -0.39 is 0 Å². The first-order valence-corrected chi connectivity index (χ1v) is 10.2. The van der Waals surface area contributed by atoms with Crippen LogP contribution in [0.4, 0.5) is 0 Å². The highest BCUT2D eigenvalue weighted by Crippen LogP contribution is 2.41. The van der Waals surface area contributed by atoms with Gasteiger partial charge in [0.05, 0.1) is 16.6 Å². The van der Waals surface area contributed by atoms with Gasteiger partial charge in [-0.05, 0) is 42.6 Å². The molecule has 0 radical (unpaired) electrons. The number of hydrogen-bond donors (Lipinski definition) is 1. The molecule has 1 N–H and O–H groups in total. The second-order valence-corrected chi connectivity index (χ2v) is 9.80. The fourth-order valence-corrected chi connectivity index (χ4v) is 4.60. The Morgan fingerprint density at radius 3 is 2.54 bits per heavy atom. The summed E-state index contributed by atoms with van der Waals surface area (Å²) in [5.41, 5.74) is 3.19.